The molecule has 152 valence electrons. The molecule has 0 atom stereocenters. The highest BCUT2D eigenvalue weighted by Crippen LogP contribution is 2.21. The smallest absolute Gasteiger partial charge is 0.264 e. The van der Waals surface area contributed by atoms with Crippen LogP contribution in [0.2, 0.25) is 5.02 Å². The summed E-state index contributed by atoms with van der Waals surface area (Å²) in [6.45, 7) is 3.95. The number of aryl methyl sites for hydroxylation is 2. The summed E-state index contributed by atoms with van der Waals surface area (Å²) in [6.07, 6.45) is 3.39. The number of rotatable bonds is 2. The number of fused-ring (bicyclic) bond motifs is 2. The minimum absolute atomic E-state index is 0.215. The molecular weight excluding hydrogens is 410 g/mol. The number of hydrogen-bond donors (Lipinski definition) is 0. The number of aromatic nitrogens is 3. The lowest BCUT2D eigenvalue weighted by molar-refractivity contribution is 0.988. The van der Waals surface area contributed by atoms with Gasteiger partial charge in [-0.15, -0.1) is 0 Å². The molecule has 0 aliphatic heterocycles. The van der Waals surface area contributed by atoms with Gasteiger partial charge in [0.15, 0.2) is 0 Å². The molecule has 3 heterocycles. The van der Waals surface area contributed by atoms with Gasteiger partial charge in [-0.1, -0.05) is 35.9 Å². The SMILES string of the molecule is Cc1ccc(C)c(-n2ccc3nc4ccn(-c5ccccc5Cl)c(=O)c4cc3c2=O)c1. The van der Waals surface area contributed by atoms with Crippen molar-refractivity contribution in [3.05, 3.63) is 110 Å². The molecule has 31 heavy (non-hydrogen) atoms. The van der Waals surface area contributed by atoms with Crippen molar-refractivity contribution in [3.63, 3.8) is 0 Å². The summed E-state index contributed by atoms with van der Waals surface area (Å²) in [7, 11) is 0. The van der Waals surface area contributed by atoms with Crippen molar-refractivity contribution in [3.8, 4) is 11.4 Å². The second kappa shape index (κ2) is 7.22. The first-order valence-electron chi connectivity index (χ1n) is 9.84. The van der Waals surface area contributed by atoms with E-state index in [0.717, 1.165) is 16.8 Å². The lowest BCUT2D eigenvalue weighted by atomic mass is 10.1. The third-order valence-electron chi connectivity index (χ3n) is 5.48. The molecule has 0 amide bonds. The highest BCUT2D eigenvalue weighted by molar-refractivity contribution is 6.32. The largest absolute Gasteiger partial charge is 0.283 e. The van der Waals surface area contributed by atoms with Gasteiger partial charge in [-0.3, -0.25) is 18.7 Å². The number of benzene rings is 2. The van der Waals surface area contributed by atoms with E-state index in [1.165, 1.54) is 4.57 Å². The topological polar surface area (TPSA) is 56.9 Å². The first kappa shape index (κ1) is 19.3. The molecule has 6 heteroatoms. The minimum Gasteiger partial charge on any atom is -0.283 e. The van der Waals surface area contributed by atoms with Crippen LogP contribution < -0.4 is 11.1 Å². The van der Waals surface area contributed by atoms with E-state index in [0.29, 0.717) is 32.5 Å². The van der Waals surface area contributed by atoms with Crippen LogP contribution in [-0.2, 0) is 0 Å². The van der Waals surface area contributed by atoms with Crippen LogP contribution in [0.3, 0.4) is 0 Å². The summed E-state index contributed by atoms with van der Waals surface area (Å²) >= 11 is 6.29. The van der Waals surface area contributed by atoms with Crippen molar-refractivity contribution in [2.75, 3.05) is 0 Å². The number of halogens is 1. The van der Waals surface area contributed by atoms with Crippen LogP contribution in [0.25, 0.3) is 33.2 Å². The van der Waals surface area contributed by atoms with E-state index in [1.807, 2.05) is 44.2 Å². The lowest BCUT2D eigenvalue weighted by Gasteiger charge is -2.12. The number of nitrogens with zero attached hydrogens (tertiary/aromatic N) is 3. The maximum absolute atomic E-state index is 13.3. The molecule has 0 fully saturated rings. The van der Waals surface area contributed by atoms with Crippen molar-refractivity contribution in [1.29, 1.82) is 0 Å². The normalized spacial score (nSPS) is 11.3. The molecule has 2 aromatic carbocycles. The van der Waals surface area contributed by atoms with Crippen LogP contribution in [0, 0.1) is 13.8 Å². The molecule has 5 aromatic rings. The van der Waals surface area contributed by atoms with Gasteiger partial charge in [-0.2, -0.15) is 0 Å². The fourth-order valence-electron chi connectivity index (χ4n) is 3.83. The predicted octanol–water partition coefficient (Wildman–Crippen LogP) is 4.96. The van der Waals surface area contributed by atoms with Crippen LogP contribution in [0.5, 0.6) is 0 Å². The third-order valence-corrected chi connectivity index (χ3v) is 5.80. The molecule has 0 saturated heterocycles. The van der Waals surface area contributed by atoms with Gasteiger partial charge in [0, 0.05) is 12.4 Å². The Kier molecular flexibility index (Phi) is 4.49. The average Bonchev–Trinajstić information content (AvgIpc) is 2.76. The average molecular weight is 428 g/mol. The van der Waals surface area contributed by atoms with Crippen LogP contribution in [-0.4, -0.2) is 14.1 Å². The van der Waals surface area contributed by atoms with Crippen molar-refractivity contribution < 1.29 is 0 Å². The van der Waals surface area contributed by atoms with Crippen molar-refractivity contribution in [2.24, 2.45) is 0 Å². The molecule has 0 spiro atoms. The molecule has 0 saturated carbocycles. The minimum atomic E-state index is -0.276. The van der Waals surface area contributed by atoms with Crippen molar-refractivity contribution in [1.82, 2.24) is 14.1 Å². The van der Waals surface area contributed by atoms with Crippen LogP contribution in [0.15, 0.2) is 82.6 Å². The van der Waals surface area contributed by atoms with Gasteiger partial charge in [0.05, 0.1) is 38.2 Å². The molecule has 0 aliphatic carbocycles. The standard InChI is InChI=1S/C25H18ClN3O2/c1-15-7-8-16(2)23(13-15)29-12-10-21-18(25(29)31)14-17-20(27-21)9-11-28(24(17)30)22-6-4-3-5-19(22)26/h3-14H,1-2H3. The van der Waals surface area contributed by atoms with E-state index >= 15 is 0 Å². The van der Waals surface area contributed by atoms with Gasteiger partial charge in [-0.25, -0.2) is 4.98 Å². The Hall–Kier alpha value is -3.70. The van der Waals surface area contributed by atoms with E-state index in [9.17, 15) is 9.59 Å². The van der Waals surface area contributed by atoms with Crippen LogP contribution in [0.4, 0.5) is 0 Å². The highest BCUT2D eigenvalue weighted by atomic mass is 35.5. The highest BCUT2D eigenvalue weighted by Gasteiger charge is 2.13. The summed E-state index contributed by atoms with van der Waals surface area (Å²) in [5, 5.41) is 1.23. The monoisotopic (exact) mass is 427 g/mol. The second-order valence-corrected chi connectivity index (χ2v) is 7.98. The first-order chi connectivity index (χ1) is 14.9. The Labute approximate surface area is 182 Å². The molecule has 0 unspecified atom stereocenters. The van der Waals surface area contributed by atoms with Gasteiger partial charge in [0.25, 0.3) is 11.1 Å². The van der Waals surface area contributed by atoms with E-state index in [4.69, 9.17) is 11.6 Å². The second-order valence-electron chi connectivity index (χ2n) is 7.58. The summed E-state index contributed by atoms with van der Waals surface area (Å²) in [6, 6.07) is 18.3. The van der Waals surface area contributed by atoms with Gasteiger partial charge >= 0.3 is 0 Å². The fourth-order valence-corrected chi connectivity index (χ4v) is 4.06. The van der Waals surface area contributed by atoms with Crippen LogP contribution in [0.1, 0.15) is 11.1 Å². The molecule has 5 rings (SSSR count). The quantitative estimate of drug-likeness (QED) is 0.374. The van der Waals surface area contributed by atoms with Gasteiger partial charge in [0.1, 0.15) is 0 Å². The Morgan fingerprint density at radius 3 is 2.00 bits per heavy atom. The molecule has 0 radical (unpaired) electrons. The maximum Gasteiger partial charge on any atom is 0.264 e. The molecule has 3 aromatic heterocycles. The van der Waals surface area contributed by atoms with Gasteiger partial charge in [-0.05, 0) is 61.4 Å². The van der Waals surface area contributed by atoms with Gasteiger partial charge < -0.3 is 0 Å². The summed E-state index contributed by atoms with van der Waals surface area (Å²) < 4.78 is 3.08. The van der Waals surface area contributed by atoms with E-state index in [2.05, 4.69) is 4.98 Å². The lowest BCUT2D eigenvalue weighted by Crippen LogP contribution is -2.21. The van der Waals surface area contributed by atoms with E-state index in [1.54, 1.807) is 47.3 Å². The number of hydrogen-bond acceptors (Lipinski definition) is 3. The molecule has 0 N–H and O–H groups in total. The first-order valence-corrected chi connectivity index (χ1v) is 10.2. The fraction of sp³-hybridized carbons (Fsp3) is 0.0800. The molecule has 0 aliphatic rings. The van der Waals surface area contributed by atoms with Crippen LogP contribution >= 0.6 is 11.6 Å². The van der Waals surface area contributed by atoms with E-state index in [-0.39, 0.29) is 11.1 Å². The summed E-state index contributed by atoms with van der Waals surface area (Å²) in [5.74, 6) is 0. The third kappa shape index (κ3) is 3.14. The maximum atomic E-state index is 13.3. The predicted molar refractivity (Wildman–Crippen MR) is 125 cm³/mol. The molecule has 0 bridgehead atoms. The zero-order valence-corrected chi connectivity index (χ0v) is 17.7. The number of para-hydroxylation sites is 1. The van der Waals surface area contributed by atoms with Crippen molar-refractivity contribution in [2.45, 2.75) is 13.8 Å². The molecular formula is C25H18ClN3O2. The zero-order chi connectivity index (χ0) is 21.7. The van der Waals surface area contributed by atoms with E-state index < -0.39 is 0 Å². The Morgan fingerprint density at radius 2 is 1.35 bits per heavy atom. The summed E-state index contributed by atoms with van der Waals surface area (Å²) in [5.41, 5.74) is 4.03. The Balaban J connectivity index is 1.80. The van der Waals surface area contributed by atoms with Crippen molar-refractivity contribution >= 4 is 33.4 Å². The summed E-state index contributed by atoms with van der Waals surface area (Å²) in [4.78, 5) is 31.2. The molecule has 5 nitrogen and oxygen atoms in total. The number of pyridine rings is 3. The zero-order valence-electron chi connectivity index (χ0n) is 17.0. The Morgan fingerprint density at radius 1 is 0.742 bits per heavy atom. The van der Waals surface area contributed by atoms with Gasteiger partial charge in [0.2, 0.25) is 0 Å². The Bertz CT molecular complexity index is 1620.